The monoisotopic (exact) mass is 258 g/mol. The van der Waals surface area contributed by atoms with Crippen LogP contribution < -0.4 is 4.74 Å². The van der Waals surface area contributed by atoms with Gasteiger partial charge in [0.05, 0.1) is 24.5 Å². The Labute approximate surface area is 103 Å². The predicted octanol–water partition coefficient (Wildman–Crippen LogP) is 3.00. The number of fused-ring (bicyclic) bond motifs is 1. The van der Waals surface area contributed by atoms with E-state index in [0.29, 0.717) is 26.4 Å². The van der Waals surface area contributed by atoms with Gasteiger partial charge in [0.1, 0.15) is 12.4 Å². The van der Waals surface area contributed by atoms with Crippen LogP contribution in [-0.2, 0) is 9.47 Å². The Hall–Kier alpha value is -0.620. The van der Waals surface area contributed by atoms with E-state index < -0.39 is 0 Å². The summed E-state index contributed by atoms with van der Waals surface area (Å²) in [7, 11) is 1.67. The van der Waals surface area contributed by atoms with E-state index in [1.807, 2.05) is 0 Å². The first-order chi connectivity index (χ1) is 7.92. The molecule has 0 saturated carbocycles. The Bertz CT molecular complexity index is 421. The lowest BCUT2D eigenvalue weighted by Gasteiger charge is -2.05. The van der Waals surface area contributed by atoms with Crippen LogP contribution in [0.25, 0.3) is 9.40 Å². The van der Waals surface area contributed by atoms with Crippen molar-refractivity contribution < 1.29 is 14.2 Å². The number of rotatable bonds is 7. The minimum absolute atomic E-state index is 0.591. The number of methoxy groups -OCH3 is 1. The van der Waals surface area contributed by atoms with E-state index in [0.717, 1.165) is 5.75 Å². The molecule has 0 bridgehead atoms. The summed E-state index contributed by atoms with van der Waals surface area (Å²) >= 11 is 3.43. The van der Waals surface area contributed by atoms with Gasteiger partial charge >= 0.3 is 0 Å². The van der Waals surface area contributed by atoms with Crippen molar-refractivity contribution in [3.05, 3.63) is 16.8 Å². The van der Waals surface area contributed by atoms with E-state index in [-0.39, 0.29) is 0 Å². The maximum absolute atomic E-state index is 5.65. The first kappa shape index (κ1) is 11.9. The molecule has 0 aliphatic heterocycles. The Morgan fingerprint density at radius 2 is 2.00 bits per heavy atom. The number of hydrogen-bond acceptors (Lipinski definition) is 5. The van der Waals surface area contributed by atoms with Crippen molar-refractivity contribution in [2.24, 2.45) is 0 Å². The van der Waals surface area contributed by atoms with Crippen LogP contribution in [0.1, 0.15) is 0 Å². The average molecular weight is 258 g/mol. The highest BCUT2D eigenvalue weighted by Crippen LogP contribution is 2.36. The van der Waals surface area contributed by atoms with Crippen LogP contribution in [0, 0.1) is 0 Å². The maximum Gasteiger partial charge on any atom is 0.147 e. The van der Waals surface area contributed by atoms with Crippen molar-refractivity contribution in [1.29, 1.82) is 0 Å². The third-order valence-corrected chi connectivity index (χ3v) is 4.05. The molecule has 0 atom stereocenters. The maximum atomic E-state index is 5.65. The third kappa shape index (κ3) is 2.95. The molecule has 0 radical (unpaired) electrons. The highest BCUT2D eigenvalue weighted by molar-refractivity contribution is 7.26. The predicted molar refractivity (Wildman–Crippen MR) is 67.9 cm³/mol. The van der Waals surface area contributed by atoms with Gasteiger partial charge in [0.25, 0.3) is 0 Å². The fourth-order valence-corrected chi connectivity index (χ4v) is 3.28. The molecule has 3 nitrogen and oxygen atoms in total. The summed E-state index contributed by atoms with van der Waals surface area (Å²) in [5.74, 6) is 0.977. The van der Waals surface area contributed by atoms with Gasteiger partial charge in [0.15, 0.2) is 0 Å². The molecule has 16 heavy (non-hydrogen) atoms. The highest BCUT2D eigenvalue weighted by atomic mass is 32.1. The van der Waals surface area contributed by atoms with Gasteiger partial charge in [-0.25, -0.2) is 0 Å². The van der Waals surface area contributed by atoms with Gasteiger partial charge in [0, 0.05) is 17.2 Å². The number of hydrogen-bond donors (Lipinski definition) is 0. The zero-order valence-corrected chi connectivity index (χ0v) is 10.7. The molecule has 0 aliphatic carbocycles. The first-order valence-electron chi connectivity index (χ1n) is 5.06. The molecular weight excluding hydrogens is 244 g/mol. The second-order valence-electron chi connectivity index (χ2n) is 3.17. The second-order valence-corrected chi connectivity index (χ2v) is 4.99. The minimum Gasteiger partial charge on any atom is -0.489 e. The summed E-state index contributed by atoms with van der Waals surface area (Å²) in [5.41, 5.74) is 0. The number of thiophene rings is 2. The summed E-state index contributed by atoms with van der Waals surface area (Å²) in [4.78, 5) is 0. The molecule has 0 unspecified atom stereocenters. The van der Waals surface area contributed by atoms with Crippen molar-refractivity contribution in [3.8, 4) is 5.75 Å². The Kier molecular flexibility index (Phi) is 4.59. The fourth-order valence-electron chi connectivity index (χ4n) is 1.29. The summed E-state index contributed by atoms with van der Waals surface area (Å²) in [6.07, 6.45) is 0. The van der Waals surface area contributed by atoms with Gasteiger partial charge in [-0.1, -0.05) is 0 Å². The van der Waals surface area contributed by atoms with E-state index in [4.69, 9.17) is 14.2 Å². The van der Waals surface area contributed by atoms with Crippen molar-refractivity contribution in [1.82, 2.24) is 0 Å². The Morgan fingerprint density at radius 3 is 2.88 bits per heavy atom. The molecule has 2 aromatic rings. The molecule has 2 heterocycles. The minimum atomic E-state index is 0.591. The third-order valence-electron chi connectivity index (χ3n) is 2.06. The molecular formula is C11H14O3S2. The van der Waals surface area contributed by atoms with Gasteiger partial charge in [0.2, 0.25) is 0 Å². The molecule has 2 aromatic heterocycles. The van der Waals surface area contributed by atoms with Crippen LogP contribution in [0.3, 0.4) is 0 Å². The number of ether oxygens (including phenoxy) is 3. The molecule has 0 aromatic carbocycles. The SMILES string of the molecule is COCCOCCOc1csc2ccsc12. The van der Waals surface area contributed by atoms with Gasteiger partial charge in [-0.05, 0) is 11.4 Å². The van der Waals surface area contributed by atoms with Crippen LogP contribution in [0.2, 0.25) is 0 Å². The summed E-state index contributed by atoms with van der Waals surface area (Å²) in [6, 6.07) is 2.12. The van der Waals surface area contributed by atoms with Crippen LogP contribution in [0.4, 0.5) is 0 Å². The summed E-state index contributed by atoms with van der Waals surface area (Å²) in [5, 5.41) is 4.14. The van der Waals surface area contributed by atoms with Crippen LogP contribution in [0.5, 0.6) is 5.75 Å². The molecule has 88 valence electrons. The fraction of sp³-hybridized carbons (Fsp3) is 0.455. The normalized spacial score (nSPS) is 11.1. The van der Waals surface area contributed by atoms with E-state index in [2.05, 4.69) is 16.8 Å². The van der Waals surface area contributed by atoms with Gasteiger partial charge in [-0.15, -0.1) is 22.7 Å². The lowest BCUT2D eigenvalue weighted by atomic mass is 10.5. The van der Waals surface area contributed by atoms with Crippen molar-refractivity contribution in [2.75, 3.05) is 33.5 Å². The Morgan fingerprint density at radius 1 is 1.12 bits per heavy atom. The summed E-state index contributed by atoms with van der Waals surface area (Å²) < 4.78 is 18.4. The quantitative estimate of drug-likeness (QED) is 0.715. The first-order valence-corrected chi connectivity index (χ1v) is 6.82. The molecule has 0 saturated heterocycles. The van der Waals surface area contributed by atoms with Crippen molar-refractivity contribution >= 4 is 32.1 Å². The molecule has 0 aliphatic rings. The molecule has 0 N–H and O–H groups in total. The topological polar surface area (TPSA) is 27.7 Å². The molecule has 0 amide bonds. The molecule has 0 spiro atoms. The van der Waals surface area contributed by atoms with Crippen molar-refractivity contribution in [3.63, 3.8) is 0 Å². The van der Waals surface area contributed by atoms with Gasteiger partial charge < -0.3 is 14.2 Å². The molecule has 2 rings (SSSR count). The second kappa shape index (κ2) is 6.20. The zero-order valence-electron chi connectivity index (χ0n) is 9.10. The molecule has 0 fully saturated rings. The lowest BCUT2D eigenvalue weighted by molar-refractivity contribution is 0.0547. The highest BCUT2D eigenvalue weighted by Gasteiger charge is 2.05. The van der Waals surface area contributed by atoms with Gasteiger partial charge in [-0.3, -0.25) is 0 Å². The van der Waals surface area contributed by atoms with E-state index in [1.165, 1.54) is 9.40 Å². The lowest BCUT2D eigenvalue weighted by Crippen LogP contribution is -2.09. The Balaban J connectivity index is 1.72. The standard InChI is InChI=1S/C11H14O3S2/c1-12-3-4-13-5-6-14-9-8-16-10-2-7-15-11(9)10/h2,7-8H,3-6H2,1H3. The zero-order chi connectivity index (χ0) is 11.2. The van der Waals surface area contributed by atoms with E-state index >= 15 is 0 Å². The van der Waals surface area contributed by atoms with Crippen LogP contribution in [-0.4, -0.2) is 33.5 Å². The van der Waals surface area contributed by atoms with Crippen molar-refractivity contribution in [2.45, 2.75) is 0 Å². The largest absolute Gasteiger partial charge is 0.489 e. The van der Waals surface area contributed by atoms with E-state index in [1.54, 1.807) is 29.8 Å². The van der Waals surface area contributed by atoms with Crippen LogP contribution in [0.15, 0.2) is 16.8 Å². The van der Waals surface area contributed by atoms with E-state index in [9.17, 15) is 0 Å². The molecule has 5 heteroatoms. The average Bonchev–Trinajstić information content (AvgIpc) is 2.87. The summed E-state index contributed by atoms with van der Waals surface area (Å²) in [6.45, 7) is 2.45. The smallest absolute Gasteiger partial charge is 0.147 e. The van der Waals surface area contributed by atoms with Gasteiger partial charge in [-0.2, -0.15) is 0 Å². The van der Waals surface area contributed by atoms with Crippen LogP contribution >= 0.6 is 22.7 Å².